The molecule has 0 saturated heterocycles. The van der Waals surface area contributed by atoms with Crippen LogP contribution in [-0.2, 0) is 0 Å². The Morgan fingerprint density at radius 2 is 1.89 bits per heavy atom. The molecule has 0 amide bonds. The average Bonchev–Trinajstić information content (AvgIpc) is 2.20. The van der Waals surface area contributed by atoms with E-state index in [0.29, 0.717) is 5.88 Å². The van der Waals surface area contributed by atoms with Crippen LogP contribution in [0.5, 0.6) is 0 Å². The van der Waals surface area contributed by atoms with Gasteiger partial charge < -0.3 is 10.2 Å². The zero-order chi connectivity index (χ0) is 7.28. The van der Waals surface area contributed by atoms with E-state index >= 15 is 0 Å². The fraction of sp³-hybridized carbons (Fsp3) is 0.429. The molecule has 0 spiro atoms. The third-order valence-electron chi connectivity index (χ3n) is 0.761. The van der Waals surface area contributed by atoms with Gasteiger partial charge in [-0.3, -0.25) is 0 Å². The number of furan rings is 1. The average molecular weight is 127 g/mol. The van der Waals surface area contributed by atoms with Gasteiger partial charge in [0.05, 0.1) is 0 Å². The van der Waals surface area contributed by atoms with Gasteiger partial charge in [-0.1, -0.05) is 13.8 Å². The fourth-order valence-corrected chi connectivity index (χ4v) is 0.453. The van der Waals surface area contributed by atoms with Crippen molar-refractivity contribution in [3.8, 4) is 0 Å². The van der Waals surface area contributed by atoms with Gasteiger partial charge in [0.2, 0.25) is 0 Å². The lowest BCUT2D eigenvalue weighted by Gasteiger charge is -1.77. The summed E-state index contributed by atoms with van der Waals surface area (Å²) in [7, 11) is 0. The summed E-state index contributed by atoms with van der Waals surface area (Å²) in [5.41, 5.74) is 5.21. The van der Waals surface area contributed by atoms with Gasteiger partial charge in [-0.2, -0.15) is 0 Å². The van der Waals surface area contributed by atoms with E-state index in [-0.39, 0.29) is 0 Å². The smallest absolute Gasteiger partial charge is 0.190 e. The van der Waals surface area contributed by atoms with Crippen LogP contribution in [0.4, 0.5) is 5.88 Å². The minimum Gasteiger partial charge on any atom is -0.446 e. The summed E-state index contributed by atoms with van der Waals surface area (Å²) in [6.45, 7) is 5.86. The predicted octanol–water partition coefficient (Wildman–Crippen LogP) is 2.20. The third kappa shape index (κ3) is 2.80. The predicted molar refractivity (Wildman–Crippen MR) is 39.2 cm³/mol. The first-order valence-corrected chi connectivity index (χ1v) is 3.11. The summed E-state index contributed by atoms with van der Waals surface area (Å²) in [6, 6.07) is 3.56. The van der Waals surface area contributed by atoms with Gasteiger partial charge in [-0.15, -0.1) is 0 Å². The van der Waals surface area contributed by atoms with Gasteiger partial charge in [0.1, 0.15) is 5.76 Å². The normalized spacial score (nSPS) is 7.89. The van der Waals surface area contributed by atoms with E-state index in [0.717, 1.165) is 5.76 Å². The monoisotopic (exact) mass is 127 g/mol. The number of hydrogen-bond acceptors (Lipinski definition) is 2. The molecule has 2 heteroatoms. The molecule has 0 radical (unpaired) electrons. The van der Waals surface area contributed by atoms with Crippen LogP contribution in [0.15, 0.2) is 16.5 Å². The van der Waals surface area contributed by atoms with Crippen LogP contribution in [0.1, 0.15) is 19.6 Å². The number of hydrogen-bond donors (Lipinski definition) is 1. The molecule has 1 heterocycles. The molecule has 0 atom stereocenters. The van der Waals surface area contributed by atoms with Crippen molar-refractivity contribution in [2.24, 2.45) is 0 Å². The molecule has 9 heavy (non-hydrogen) atoms. The molecule has 2 N–H and O–H groups in total. The minimum atomic E-state index is 0.484. The van der Waals surface area contributed by atoms with Gasteiger partial charge in [-0.25, -0.2) is 0 Å². The van der Waals surface area contributed by atoms with E-state index in [1.54, 1.807) is 6.07 Å². The number of anilines is 1. The quantitative estimate of drug-likeness (QED) is 0.580. The van der Waals surface area contributed by atoms with E-state index < -0.39 is 0 Å². The molecule has 0 saturated carbocycles. The van der Waals surface area contributed by atoms with Crippen LogP contribution in [-0.4, -0.2) is 0 Å². The van der Waals surface area contributed by atoms with Crippen LogP contribution >= 0.6 is 0 Å². The molecule has 0 fully saturated rings. The minimum absolute atomic E-state index is 0.484. The number of aryl methyl sites for hydroxylation is 1. The highest BCUT2D eigenvalue weighted by molar-refractivity contribution is 5.24. The number of rotatable bonds is 0. The Labute approximate surface area is 55.7 Å². The van der Waals surface area contributed by atoms with Crippen LogP contribution in [0.2, 0.25) is 0 Å². The highest BCUT2D eigenvalue weighted by Gasteiger charge is 1.86. The third-order valence-corrected chi connectivity index (χ3v) is 0.761. The molecule has 0 aromatic carbocycles. The molecular weight excluding hydrogens is 114 g/mol. The van der Waals surface area contributed by atoms with Gasteiger partial charge in [0.25, 0.3) is 0 Å². The van der Waals surface area contributed by atoms with Crippen LogP contribution in [0.3, 0.4) is 0 Å². The fourth-order valence-electron chi connectivity index (χ4n) is 0.453. The van der Waals surface area contributed by atoms with E-state index in [1.165, 1.54) is 0 Å². The van der Waals surface area contributed by atoms with Crippen LogP contribution in [0, 0.1) is 6.92 Å². The van der Waals surface area contributed by atoms with Gasteiger partial charge >= 0.3 is 0 Å². The molecule has 1 rings (SSSR count). The highest BCUT2D eigenvalue weighted by atomic mass is 16.3. The first-order valence-electron chi connectivity index (χ1n) is 3.11. The summed E-state index contributed by atoms with van der Waals surface area (Å²) in [5, 5.41) is 0. The van der Waals surface area contributed by atoms with Crippen molar-refractivity contribution in [2.75, 3.05) is 5.73 Å². The van der Waals surface area contributed by atoms with Crippen molar-refractivity contribution in [1.29, 1.82) is 0 Å². The Bertz CT molecular complexity index is 141. The highest BCUT2D eigenvalue weighted by Crippen LogP contribution is 2.05. The molecule has 52 valence electrons. The van der Waals surface area contributed by atoms with E-state index in [4.69, 9.17) is 10.2 Å². The molecule has 1 aromatic heterocycles. The molecule has 1 aromatic rings. The maximum absolute atomic E-state index is 5.21. The second kappa shape index (κ2) is 4.01. The maximum atomic E-state index is 5.21. The standard InChI is InChI=1S/C5H7NO.C2H6/c1-4-2-3-5(6)7-4;1-2/h2-3H,6H2,1H3;1-2H3. The summed E-state index contributed by atoms with van der Waals surface area (Å²) in [4.78, 5) is 0. The van der Waals surface area contributed by atoms with Gasteiger partial charge in [0, 0.05) is 6.07 Å². The molecular formula is C7H13NO. The summed E-state index contributed by atoms with van der Waals surface area (Å²) >= 11 is 0. The van der Waals surface area contributed by atoms with Crippen molar-refractivity contribution in [3.63, 3.8) is 0 Å². The summed E-state index contributed by atoms with van der Waals surface area (Å²) in [6.07, 6.45) is 0. The molecule has 0 aliphatic rings. The van der Waals surface area contributed by atoms with Crippen molar-refractivity contribution in [2.45, 2.75) is 20.8 Å². The zero-order valence-corrected chi connectivity index (χ0v) is 6.14. The molecule has 0 bridgehead atoms. The Hall–Kier alpha value is -0.920. The van der Waals surface area contributed by atoms with Crippen molar-refractivity contribution in [1.82, 2.24) is 0 Å². The summed E-state index contributed by atoms with van der Waals surface area (Å²) < 4.78 is 4.86. The lowest BCUT2D eigenvalue weighted by atomic mass is 10.5. The molecule has 0 unspecified atom stereocenters. The van der Waals surface area contributed by atoms with Crippen molar-refractivity contribution < 1.29 is 4.42 Å². The zero-order valence-electron chi connectivity index (χ0n) is 6.14. The first kappa shape index (κ1) is 8.08. The van der Waals surface area contributed by atoms with Gasteiger partial charge in [0.15, 0.2) is 5.88 Å². The molecule has 2 nitrogen and oxygen atoms in total. The number of nitrogen functional groups attached to an aromatic ring is 1. The van der Waals surface area contributed by atoms with Crippen molar-refractivity contribution >= 4 is 5.88 Å². The second-order valence-corrected chi connectivity index (χ2v) is 1.45. The maximum Gasteiger partial charge on any atom is 0.190 e. The Morgan fingerprint density at radius 1 is 1.33 bits per heavy atom. The Morgan fingerprint density at radius 3 is 2.00 bits per heavy atom. The topological polar surface area (TPSA) is 39.2 Å². The summed E-state index contributed by atoms with van der Waals surface area (Å²) in [5.74, 6) is 1.34. The lowest BCUT2D eigenvalue weighted by molar-refractivity contribution is 0.553. The second-order valence-electron chi connectivity index (χ2n) is 1.45. The van der Waals surface area contributed by atoms with Crippen LogP contribution in [0.25, 0.3) is 0 Å². The Kier molecular flexibility index (Phi) is 3.60. The first-order chi connectivity index (χ1) is 4.29. The van der Waals surface area contributed by atoms with E-state index in [2.05, 4.69) is 0 Å². The van der Waals surface area contributed by atoms with Gasteiger partial charge in [-0.05, 0) is 13.0 Å². The SMILES string of the molecule is CC.Cc1ccc(N)o1. The molecule has 0 aliphatic carbocycles. The van der Waals surface area contributed by atoms with Crippen LogP contribution < -0.4 is 5.73 Å². The Balaban J connectivity index is 0.000000291. The van der Waals surface area contributed by atoms with E-state index in [1.807, 2.05) is 26.8 Å². The van der Waals surface area contributed by atoms with E-state index in [9.17, 15) is 0 Å². The largest absolute Gasteiger partial charge is 0.446 e. The lowest BCUT2D eigenvalue weighted by Crippen LogP contribution is -1.75. The molecule has 0 aliphatic heterocycles. The van der Waals surface area contributed by atoms with Crippen molar-refractivity contribution in [3.05, 3.63) is 17.9 Å². The number of nitrogens with two attached hydrogens (primary N) is 1.